The summed E-state index contributed by atoms with van der Waals surface area (Å²) < 4.78 is 37.7. The molecule has 0 amide bonds. The molecule has 3 aromatic rings. The van der Waals surface area contributed by atoms with Gasteiger partial charge in [-0.25, -0.2) is 9.90 Å². The van der Waals surface area contributed by atoms with E-state index in [9.17, 15) is 9.90 Å². The summed E-state index contributed by atoms with van der Waals surface area (Å²) in [5, 5.41) is 13.2. The Kier molecular flexibility index (Phi) is 12.5. The number of carbonyl (C=O) groups is 1. The van der Waals surface area contributed by atoms with E-state index in [1.165, 1.54) is 12.1 Å². The first-order chi connectivity index (χ1) is 18.6. The Hall–Kier alpha value is -3.47. The maximum Gasteiger partial charge on any atom is 0.344 e. The quantitative estimate of drug-likeness (QED) is 0.144. The Bertz CT molecular complexity index is 1040. The molecule has 0 aliphatic heterocycles. The molecule has 0 bridgehead atoms. The number of rotatable bonds is 17. The topological polar surface area (TPSA) is 102 Å². The lowest BCUT2D eigenvalue weighted by atomic mass is 10.0. The summed E-state index contributed by atoms with van der Waals surface area (Å²) >= 11 is 0. The third kappa shape index (κ3) is 9.13. The average Bonchev–Trinajstić information content (AvgIpc) is 2.96. The first-order valence-corrected chi connectivity index (χ1v) is 12.1. The smallest absolute Gasteiger partial charge is 0.344 e. The molecule has 3 aromatic carbocycles. The molecule has 1 unspecified atom stereocenters. The first kappa shape index (κ1) is 29.1. The molecule has 9 heteroatoms. The highest BCUT2D eigenvalue weighted by Gasteiger charge is 2.27. The van der Waals surface area contributed by atoms with Crippen LogP contribution in [0.25, 0.3) is 0 Å². The van der Waals surface area contributed by atoms with Gasteiger partial charge in [-0.05, 0) is 28.8 Å². The standard InChI is InChI=1S/C29H33O9/c1-32-15-17-34-20-36-25-14-13-24(19-26(25)37-21-35-18-16-33-2)27(30)29(31)38-28(22-9-5-3-6-10-22)23-11-7-4-8-12-23/h3-14,19,27-28H,15-18,20-21H2,1-2H3. The van der Waals surface area contributed by atoms with Crippen LogP contribution in [-0.4, -0.2) is 60.2 Å². The third-order valence-electron chi connectivity index (χ3n) is 5.38. The largest absolute Gasteiger partial charge is 0.464 e. The van der Waals surface area contributed by atoms with Gasteiger partial charge in [0.25, 0.3) is 0 Å². The highest BCUT2D eigenvalue weighted by molar-refractivity contribution is 5.77. The highest BCUT2D eigenvalue weighted by Crippen LogP contribution is 2.33. The molecule has 0 aliphatic rings. The SMILES string of the molecule is COCCOCOc1ccc(C([O])C(=O)OC(c2ccccc2)c2ccccc2)cc1OCOCCOC. The Labute approximate surface area is 222 Å². The fourth-order valence-electron chi connectivity index (χ4n) is 3.43. The van der Waals surface area contributed by atoms with Crippen molar-refractivity contribution >= 4 is 5.97 Å². The van der Waals surface area contributed by atoms with Crippen LogP contribution in [0.3, 0.4) is 0 Å². The predicted molar refractivity (Wildman–Crippen MR) is 137 cm³/mol. The van der Waals surface area contributed by atoms with Crippen LogP contribution >= 0.6 is 0 Å². The second kappa shape index (κ2) is 16.4. The molecular formula is C29H33O9. The molecule has 1 radical (unpaired) electrons. The van der Waals surface area contributed by atoms with E-state index < -0.39 is 18.2 Å². The molecule has 0 N–H and O–H groups in total. The molecule has 1 atom stereocenters. The van der Waals surface area contributed by atoms with E-state index in [0.717, 1.165) is 11.1 Å². The molecule has 3 rings (SSSR count). The van der Waals surface area contributed by atoms with Gasteiger partial charge in [-0.1, -0.05) is 66.7 Å². The lowest BCUT2D eigenvalue weighted by Gasteiger charge is -2.21. The molecule has 0 saturated carbocycles. The summed E-state index contributed by atoms with van der Waals surface area (Å²) in [5.41, 5.74) is 1.68. The van der Waals surface area contributed by atoms with Crippen molar-refractivity contribution in [3.63, 3.8) is 0 Å². The Morgan fingerprint density at radius 1 is 0.658 bits per heavy atom. The van der Waals surface area contributed by atoms with Gasteiger partial charge in [0.15, 0.2) is 31.2 Å². The van der Waals surface area contributed by atoms with Crippen molar-refractivity contribution in [3.05, 3.63) is 95.6 Å². The Balaban J connectivity index is 1.74. The van der Waals surface area contributed by atoms with E-state index in [2.05, 4.69) is 0 Å². The van der Waals surface area contributed by atoms with Gasteiger partial charge < -0.3 is 33.2 Å². The molecular weight excluding hydrogens is 492 g/mol. The van der Waals surface area contributed by atoms with E-state index in [1.807, 2.05) is 60.7 Å². The minimum absolute atomic E-state index is 0.0533. The summed E-state index contributed by atoms with van der Waals surface area (Å²) in [6.45, 7) is 1.34. The summed E-state index contributed by atoms with van der Waals surface area (Å²) in [6.07, 6.45) is -2.54. The second-order valence-electron chi connectivity index (χ2n) is 8.05. The highest BCUT2D eigenvalue weighted by atomic mass is 16.7. The van der Waals surface area contributed by atoms with Crippen LogP contribution in [0.15, 0.2) is 78.9 Å². The number of esters is 1. The molecule has 38 heavy (non-hydrogen) atoms. The molecule has 0 heterocycles. The van der Waals surface area contributed by atoms with Gasteiger partial charge in [0.1, 0.15) is 0 Å². The van der Waals surface area contributed by atoms with E-state index in [0.29, 0.717) is 32.2 Å². The van der Waals surface area contributed by atoms with E-state index in [1.54, 1.807) is 20.3 Å². The van der Waals surface area contributed by atoms with Crippen molar-refractivity contribution in [2.24, 2.45) is 0 Å². The average molecular weight is 526 g/mol. The van der Waals surface area contributed by atoms with Crippen molar-refractivity contribution in [3.8, 4) is 11.5 Å². The van der Waals surface area contributed by atoms with E-state index >= 15 is 0 Å². The minimum Gasteiger partial charge on any atom is -0.464 e. The van der Waals surface area contributed by atoms with Crippen molar-refractivity contribution in [2.75, 3.05) is 54.2 Å². The zero-order valence-corrected chi connectivity index (χ0v) is 21.6. The fourth-order valence-corrected chi connectivity index (χ4v) is 3.43. The molecule has 0 saturated heterocycles. The number of benzene rings is 3. The number of hydrogen-bond acceptors (Lipinski definition) is 8. The summed E-state index contributed by atoms with van der Waals surface area (Å²) in [5.74, 6) is -0.360. The monoisotopic (exact) mass is 525 g/mol. The Morgan fingerprint density at radius 3 is 1.71 bits per heavy atom. The van der Waals surface area contributed by atoms with Crippen LogP contribution in [0.5, 0.6) is 11.5 Å². The van der Waals surface area contributed by atoms with Crippen LogP contribution in [0.1, 0.15) is 28.9 Å². The van der Waals surface area contributed by atoms with Gasteiger partial charge in [0.2, 0.25) is 6.10 Å². The van der Waals surface area contributed by atoms with Crippen LogP contribution in [0.4, 0.5) is 0 Å². The van der Waals surface area contributed by atoms with Crippen LogP contribution in [0.2, 0.25) is 0 Å². The maximum absolute atomic E-state index is 13.2. The van der Waals surface area contributed by atoms with Crippen LogP contribution < -0.4 is 9.47 Å². The number of carbonyl (C=O) groups excluding carboxylic acids is 1. The molecule has 203 valence electrons. The van der Waals surface area contributed by atoms with Gasteiger partial charge in [-0.15, -0.1) is 0 Å². The summed E-state index contributed by atoms with van der Waals surface area (Å²) in [6, 6.07) is 23.0. The molecule has 0 spiro atoms. The molecule has 9 nitrogen and oxygen atoms in total. The lowest BCUT2D eigenvalue weighted by Crippen LogP contribution is -2.19. The van der Waals surface area contributed by atoms with Gasteiger partial charge in [0.05, 0.1) is 26.4 Å². The zero-order valence-electron chi connectivity index (χ0n) is 21.6. The molecule has 0 aromatic heterocycles. The van der Waals surface area contributed by atoms with Crippen molar-refractivity contribution in [2.45, 2.75) is 12.2 Å². The van der Waals surface area contributed by atoms with Gasteiger partial charge in [0, 0.05) is 14.2 Å². The van der Waals surface area contributed by atoms with Crippen molar-refractivity contribution < 1.29 is 43.1 Å². The molecule has 0 fully saturated rings. The van der Waals surface area contributed by atoms with Crippen LogP contribution in [0, 0.1) is 0 Å². The summed E-state index contributed by atoms with van der Waals surface area (Å²) in [4.78, 5) is 13.0. The predicted octanol–water partition coefficient (Wildman–Crippen LogP) is 4.49. The lowest BCUT2D eigenvalue weighted by molar-refractivity contribution is -0.162. The number of hydrogen-bond donors (Lipinski definition) is 0. The Morgan fingerprint density at radius 2 is 1.18 bits per heavy atom. The summed E-state index contributed by atoms with van der Waals surface area (Å²) in [7, 11) is 3.14. The van der Waals surface area contributed by atoms with Gasteiger partial charge in [-0.3, -0.25) is 0 Å². The molecule has 0 aliphatic carbocycles. The van der Waals surface area contributed by atoms with Gasteiger partial charge in [-0.2, -0.15) is 0 Å². The normalized spacial score (nSPS) is 11.8. The minimum atomic E-state index is -1.81. The first-order valence-electron chi connectivity index (χ1n) is 12.1. The zero-order chi connectivity index (χ0) is 27.0. The fraction of sp³-hybridized carbons (Fsp3) is 0.345. The second-order valence-corrected chi connectivity index (χ2v) is 8.05. The van der Waals surface area contributed by atoms with E-state index in [4.69, 9.17) is 33.2 Å². The van der Waals surface area contributed by atoms with E-state index in [-0.39, 0.29) is 24.9 Å². The van der Waals surface area contributed by atoms with Gasteiger partial charge >= 0.3 is 5.97 Å². The third-order valence-corrected chi connectivity index (χ3v) is 5.38. The maximum atomic E-state index is 13.2. The van der Waals surface area contributed by atoms with Crippen LogP contribution in [-0.2, 0) is 33.6 Å². The van der Waals surface area contributed by atoms with Crippen molar-refractivity contribution in [1.82, 2.24) is 0 Å². The van der Waals surface area contributed by atoms with Crippen molar-refractivity contribution in [1.29, 1.82) is 0 Å². The number of ether oxygens (including phenoxy) is 7. The number of methoxy groups -OCH3 is 2.